The summed E-state index contributed by atoms with van der Waals surface area (Å²) in [7, 11) is 1.45. The van der Waals surface area contributed by atoms with Gasteiger partial charge in [0.15, 0.2) is 11.4 Å². The van der Waals surface area contributed by atoms with Crippen molar-refractivity contribution in [1.82, 2.24) is 9.97 Å². The zero-order valence-corrected chi connectivity index (χ0v) is 16.4. The largest absolute Gasteiger partial charge is 0.610 e. The van der Waals surface area contributed by atoms with Crippen molar-refractivity contribution in [1.29, 1.82) is 5.26 Å². The van der Waals surface area contributed by atoms with Crippen LogP contribution in [0, 0.1) is 11.3 Å². The molecule has 0 radical (unpaired) electrons. The number of halogens is 3. The van der Waals surface area contributed by atoms with E-state index in [0.29, 0.717) is 0 Å². The van der Waals surface area contributed by atoms with Gasteiger partial charge in [0.25, 0.3) is 5.03 Å². The Hall–Kier alpha value is -3.04. The first kappa shape index (κ1) is 22.3. The summed E-state index contributed by atoms with van der Waals surface area (Å²) in [5, 5.41) is 11.7. The highest BCUT2D eigenvalue weighted by Crippen LogP contribution is 2.31. The number of amides is 1. The van der Waals surface area contributed by atoms with E-state index in [-0.39, 0.29) is 28.0 Å². The van der Waals surface area contributed by atoms with Gasteiger partial charge in [0.2, 0.25) is 11.9 Å². The van der Waals surface area contributed by atoms with Crippen molar-refractivity contribution in [2.45, 2.75) is 24.2 Å². The van der Waals surface area contributed by atoms with Crippen molar-refractivity contribution in [3.8, 4) is 6.07 Å². The number of likely N-dealkylation sites (N-methyl/N-ethyl adjacent to an activating group) is 1. The number of nitrogens with zero attached hydrogens (tertiary/aromatic N) is 4. The topological polar surface area (TPSA) is 131 Å². The molecule has 1 aromatic carbocycles. The monoisotopic (exact) mass is 426 g/mol. The van der Waals surface area contributed by atoms with E-state index in [9.17, 15) is 27.8 Å². The number of hydrogen-bond acceptors (Lipinski definition) is 7. The molecule has 3 N–H and O–H groups in total. The molecule has 0 aliphatic rings. The summed E-state index contributed by atoms with van der Waals surface area (Å²) >= 11 is -1.63. The van der Waals surface area contributed by atoms with Crippen molar-refractivity contribution in [3.63, 3.8) is 0 Å². The zero-order valence-electron chi connectivity index (χ0n) is 15.6. The van der Waals surface area contributed by atoms with Crippen LogP contribution in [0.25, 0.3) is 0 Å². The van der Waals surface area contributed by atoms with Crippen LogP contribution in [0.3, 0.4) is 0 Å². The second-order valence-corrected chi connectivity index (χ2v) is 7.30. The van der Waals surface area contributed by atoms with Crippen molar-refractivity contribution < 1.29 is 22.5 Å². The molecule has 0 spiro atoms. The molecule has 0 aliphatic carbocycles. The molecule has 1 aromatic heterocycles. The van der Waals surface area contributed by atoms with Crippen molar-refractivity contribution in [2.24, 2.45) is 0 Å². The minimum atomic E-state index is -4.55. The van der Waals surface area contributed by atoms with Crippen LogP contribution in [0.15, 0.2) is 29.3 Å². The molecule has 2 aromatic rings. The highest BCUT2D eigenvalue weighted by atomic mass is 32.2. The van der Waals surface area contributed by atoms with E-state index in [1.165, 1.54) is 37.3 Å². The Bertz CT molecular complexity index is 961. The van der Waals surface area contributed by atoms with Gasteiger partial charge in [-0.1, -0.05) is 6.07 Å². The number of alkyl halides is 3. The second-order valence-electron chi connectivity index (χ2n) is 6.01. The van der Waals surface area contributed by atoms with E-state index >= 15 is 0 Å². The number of rotatable bonds is 5. The number of hydrogen-bond donors (Lipinski definition) is 2. The third-order valence-electron chi connectivity index (χ3n) is 4.01. The Balaban J connectivity index is 2.30. The lowest BCUT2D eigenvalue weighted by atomic mass is 10.2. The van der Waals surface area contributed by atoms with Crippen LogP contribution in [-0.2, 0) is 22.1 Å². The number of nitrogen functional groups attached to an aromatic ring is 1. The van der Waals surface area contributed by atoms with Gasteiger partial charge < -0.3 is 20.5 Å². The van der Waals surface area contributed by atoms with E-state index in [2.05, 4.69) is 15.3 Å². The van der Waals surface area contributed by atoms with Crippen LogP contribution in [0.2, 0.25) is 0 Å². The lowest BCUT2D eigenvalue weighted by Gasteiger charge is -2.26. The zero-order chi connectivity index (χ0) is 21.9. The van der Waals surface area contributed by atoms with Gasteiger partial charge >= 0.3 is 6.18 Å². The summed E-state index contributed by atoms with van der Waals surface area (Å²) < 4.78 is 50.3. The molecule has 2 rings (SSSR count). The van der Waals surface area contributed by atoms with Gasteiger partial charge in [0.05, 0.1) is 5.56 Å². The molecule has 0 aliphatic heterocycles. The molecule has 1 unspecified atom stereocenters. The molecule has 0 fully saturated rings. The maximum absolute atomic E-state index is 12.8. The Morgan fingerprint density at radius 1 is 1.41 bits per heavy atom. The molecule has 12 heteroatoms. The van der Waals surface area contributed by atoms with Crippen LogP contribution in [0.1, 0.15) is 18.1 Å². The average molecular weight is 426 g/mol. The lowest BCUT2D eigenvalue weighted by molar-refractivity contribution is -0.137. The predicted octanol–water partition coefficient (Wildman–Crippen LogP) is 2.15. The average Bonchev–Trinajstić information content (AvgIpc) is 2.65. The minimum absolute atomic E-state index is 0.0168. The third-order valence-corrected chi connectivity index (χ3v) is 4.85. The van der Waals surface area contributed by atoms with Crippen LogP contribution >= 0.6 is 0 Å². The standard InChI is InChI=1S/C17H17F3N6O2S/c1-9(14(27)23-11-6-4-5-10(7-11)17(18,19)20)26(2)13-12(8-21)15(29(3)28)25-16(22)24-13/h4-7,9H,1-3H3,(H,23,27)(H2,22,24,25)/t9-,29?/m0/s1. The van der Waals surface area contributed by atoms with Gasteiger partial charge in [-0.3, -0.25) is 4.79 Å². The van der Waals surface area contributed by atoms with E-state index < -0.39 is 34.9 Å². The van der Waals surface area contributed by atoms with E-state index in [1.54, 1.807) is 0 Å². The maximum atomic E-state index is 12.8. The molecular formula is C17H17F3N6O2S. The maximum Gasteiger partial charge on any atom is 0.416 e. The summed E-state index contributed by atoms with van der Waals surface area (Å²) in [6.07, 6.45) is -3.23. The molecular weight excluding hydrogens is 409 g/mol. The van der Waals surface area contributed by atoms with Crippen molar-refractivity contribution >= 4 is 34.5 Å². The molecule has 1 amide bonds. The van der Waals surface area contributed by atoms with Crippen LogP contribution in [0.4, 0.5) is 30.6 Å². The Kier molecular flexibility index (Phi) is 6.55. The van der Waals surface area contributed by atoms with Gasteiger partial charge in [-0.25, -0.2) is 0 Å². The highest BCUT2D eigenvalue weighted by Gasteiger charge is 2.31. The number of carbonyl (C=O) groups excluding carboxylic acids is 1. The SMILES string of the molecule is C[C@@H](C(=O)Nc1cccc(C(F)(F)F)c1)N(C)c1nc(N)nc([S+](C)[O-])c1C#N. The van der Waals surface area contributed by atoms with E-state index in [0.717, 1.165) is 12.1 Å². The highest BCUT2D eigenvalue weighted by molar-refractivity contribution is 7.90. The third kappa shape index (κ3) is 5.07. The van der Waals surface area contributed by atoms with Crippen LogP contribution in [-0.4, -0.2) is 39.8 Å². The molecule has 1 heterocycles. The molecule has 8 nitrogen and oxygen atoms in total. The Labute approximate surface area is 167 Å². The number of benzene rings is 1. The van der Waals surface area contributed by atoms with Gasteiger partial charge in [0.1, 0.15) is 18.4 Å². The lowest BCUT2D eigenvalue weighted by Crippen LogP contribution is -2.40. The number of nitrogens with two attached hydrogens (primary N) is 1. The number of anilines is 3. The fourth-order valence-electron chi connectivity index (χ4n) is 2.39. The Morgan fingerprint density at radius 2 is 2.07 bits per heavy atom. The second kappa shape index (κ2) is 8.54. The molecule has 29 heavy (non-hydrogen) atoms. The number of nitriles is 1. The molecule has 2 atom stereocenters. The quantitative estimate of drug-likeness (QED) is 0.553. The normalized spacial score (nSPS) is 13.3. The Morgan fingerprint density at radius 3 is 2.62 bits per heavy atom. The summed E-state index contributed by atoms with van der Waals surface area (Å²) in [5.41, 5.74) is 4.57. The fourth-order valence-corrected chi connectivity index (χ4v) is 3.03. The predicted molar refractivity (Wildman–Crippen MR) is 101 cm³/mol. The summed E-state index contributed by atoms with van der Waals surface area (Å²) in [5.74, 6) is -0.898. The van der Waals surface area contributed by atoms with Crippen LogP contribution in [0.5, 0.6) is 0 Å². The molecule has 0 bridgehead atoms. The summed E-state index contributed by atoms with van der Waals surface area (Å²) in [6, 6.07) is 5.09. The number of aromatic nitrogens is 2. The molecule has 154 valence electrons. The van der Waals surface area contributed by atoms with Gasteiger partial charge in [-0.2, -0.15) is 28.4 Å². The first-order valence-corrected chi connectivity index (χ1v) is 9.63. The minimum Gasteiger partial charge on any atom is -0.610 e. The summed E-state index contributed by atoms with van der Waals surface area (Å²) in [4.78, 5) is 21.6. The summed E-state index contributed by atoms with van der Waals surface area (Å²) in [6.45, 7) is 1.46. The number of carbonyl (C=O) groups is 1. The smallest absolute Gasteiger partial charge is 0.416 e. The molecule has 0 saturated carbocycles. The van der Waals surface area contributed by atoms with E-state index in [4.69, 9.17) is 5.73 Å². The fraction of sp³-hybridized carbons (Fsp3) is 0.294. The van der Waals surface area contributed by atoms with Crippen LogP contribution < -0.4 is 16.0 Å². The molecule has 0 saturated heterocycles. The van der Waals surface area contributed by atoms with E-state index in [1.807, 2.05) is 6.07 Å². The van der Waals surface area contributed by atoms with Crippen molar-refractivity contribution in [2.75, 3.05) is 29.3 Å². The van der Waals surface area contributed by atoms with Crippen molar-refractivity contribution in [3.05, 3.63) is 35.4 Å². The first-order chi connectivity index (χ1) is 13.5. The van der Waals surface area contributed by atoms with Gasteiger partial charge in [-0.05, 0) is 25.1 Å². The first-order valence-electron chi connectivity index (χ1n) is 8.07. The van der Waals surface area contributed by atoms with Gasteiger partial charge in [-0.15, -0.1) is 0 Å². The van der Waals surface area contributed by atoms with Gasteiger partial charge in [0, 0.05) is 23.9 Å². The number of nitrogens with one attached hydrogen (secondary N) is 1.